The average Bonchev–Trinajstić information content (AvgIpc) is 3.42. The third kappa shape index (κ3) is 3.25. The fraction of sp³-hybridized carbons (Fsp3) is 0.227. The quantitative estimate of drug-likeness (QED) is 0.337. The lowest BCUT2D eigenvalue weighted by Crippen LogP contribution is -2.31. The van der Waals surface area contributed by atoms with Crippen molar-refractivity contribution in [2.75, 3.05) is 18.3 Å². The van der Waals surface area contributed by atoms with Crippen LogP contribution in [0.3, 0.4) is 0 Å². The van der Waals surface area contributed by atoms with Gasteiger partial charge in [0.25, 0.3) is 5.69 Å². The minimum absolute atomic E-state index is 0.0351. The number of nitrogens with zero attached hydrogens (tertiary/aromatic N) is 4. The molecule has 0 fully saturated rings. The number of carbonyl (C=O) groups excluding carboxylic acids is 2. The third-order valence-electron chi connectivity index (χ3n) is 5.49. The molecule has 11 nitrogen and oxygen atoms in total. The lowest BCUT2D eigenvalue weighted by molar-refractivity contribution is -0.384. The first-order valence-electron chi connectivity index (χ1n) is 10.1. The number of anilines is 1. The molecule has 3 aromatic rings. The first kappa shape index (κ1) is 20.5. The van der Waals surface area contributed by atoms with Gasteiger partial charge in [-0.05, 0) is 25.1 Å². The van der Waals surface area contributed by atoms with Crippen LogP contribution in [0.4, 0.5) is 11.4 Å². The van der Waals surface area contributed by atoms with Crippen molar-refractivity contribution in [3.8, 4) is 28.4 Å². The molecule has 3 heterocycles. The van der Waals surface area contributed by atoms with E-state index in [2.05, 4.69) is 5.10 Å². The highest BCUT2D eigenvalue weighted by molar-refractivity contribution is 6.02. The van der Waals surface area contributed by atoms with E-state index in [0.717, 1.165) is 0 Å². The highest BCUT2D eigenvalue weighted by atomic mass is 16.7. The van der Waals surface area contributed by atoms with E-state index in [9.17, 15) is 19.7 Å². The molecule has 0 radical (unpaired) electrons. The minimum Gasteiger partial charge on any atom is -0.461 e. The van der Waals surface area contributed by atoms with Crippen molar-refractivity contribution in [3.05, 3.63) is 57.8 Å². The summed E-state index contributed by atoms with van der Waals surface area (Å²) in [4.78, 5) is 37.6. The number of esters is 1. The van der Waals surface area contributed by atoms with E-state index in [1.165, 1.54) is 34.7 Å². The fourth-order valence-corrected chi connectivity index (χ4v) is 4.03. The Morgan fingerprint density at radius 2 is 1.97 bits per heavy atom. The SMILES string of the molecule is CCOC(=O)c1nn(-c2ccc3c(c2)OCO3)c2c1CN(C(C)=O)c1ccc([N+](=O)[O-])cc1-2. The minimum atomic E-state index is -0.648. The molecule has 2 aliphatic heterocycles. The Bertz CT molecular complexity index is 1330. The molecule has 0 unspecified atom stereocenters. The molecular formula is C22H18N4O7. The second kappa shape index (κ2) is 7.62. The Morgan fingerprint density at radius 3 is 2.70 bits per heavy atom. The maximum atomic E-state index is 12.8. The van der Waals surface area contributed by atoms with Crippen molar-refractivity contribution in [2.45, 2.75) is 20.4 Å². The van der Waals surface area contributed by atoms with Gasteiger partial charge in [0.2, 0.25) is 12.7 Å². The van der Waals surface area contributed by atoms with Crippen molar-refractivity contribution in [3.63, 3.8) is 0 Å². The van der Waals surface area contributed by atoms with Crippen LogP contribution in [0.15, 0.2) is 36.4 Å². The van der Waals surface area contributed by atoms with Gasteiger partial charge in [-0.2, -0.15) is 5.10 Å². The van der Waals surface area contributed by atoms with Crippen molar-refractivity contribution < 1.29 is 28.7 Å². The van der Waals surface area contributed by atoms with Crippen molar-refractivity contribution in [1.82, 2.24) is 9.78 Å². The lowest BCUT2D eigenvalue weighted by atomic mass is 9.97. The number of aromatic nitrogens is 2. The van der Waals surface area contributed by atoms with E-state index >= 15 is 0 Å². The summed E-state index contributed by atoms with van der Waals surface area (Å²) in [5.41, 5.74) is 2.23. The summed E-state index contributed by atoms with van der Waals surface area (Å²) < 4.78 is 17.5. The highest BCUT2D eigenvalue weighted by Crippen LogP contribution is 2.44. The predicted octanol–water partition coefficient (Wildman–Crippen LogP) is 3.22. The number of amides is 1. The zero-order valence-corrected chi connectivity index (χ0v) is 17.7. The van der Waals surface area contributed by atoms with Gasteiger partial charge in [0.05, 0.1) is 35.1 Å². The first-order chi connectivity index (χ1) is 15.9. The van der Waals surface area contributed by atoms with Crippen molar-refractivity contribution in [1.29, 1.82) is 0 Å². The predicted molar refractivity (Wildman–Crippen MR) is 115 cm³/mol. The van der Waals surface area contributed by atoms with Gasteiger partial charge in [-0.15, -0.1) is 0 Å². The number of rotatable bonds is 4. The number of carbonyl (C=O) groups is 2. The lowest BCUT2D eigenvalue weighted by Gasteiger charge is -2.29. The van der Waals surface area contributed by atoms with Crippen LogP contribution in [0, 0.1) is 10.1 Å². The topological polar surface area (TPSA) is 126 Å². The van der Waals surface area contributed by atoms with Crippen LogP contribution in [0.5, 0.6) is 11.5 Å². The number of non-ortho nitro benzene ring substituents is 1. The molecule has 1 amide bonds. The largest absolute Gasteiger partial charge is 0.461 e. The Kier molecular flexibility index (Phi) is 4.73. The highest BCUT2D eigenvalue weighted by Gasteiger charge is 2.35. The van der Waals surface area contributed by atoms with Crippen LogP contribution >= 0.6 is 0 Å². The maximum Gasteiger partial charge on any atom is 0.359 e. The monoisotopic (exact) mass is 450 g/mol. The number of benzene rings is 2. The van der Waals surface area contributed by atoms with Crippen LogP contribution in [0.25, 0.3) is 16.9 Å². The van der Waals surface area contributed by atoms with E-state index in [4.69, 9.17) is 14.2 Å². The van der Waals surface area contributed by atoms with Gasteiger partial charge < -0.3 is 19.1 Å². The van der Waals surface area contributed by atoms with Gasteiger partial charge in [-0.1, -0.05) is 0 Å². The Balaban J connectivity index is 1.79. The van der Waals surface area contributed by atoms with E-state index in [-0.39, 0.29) is 37.2 Å². The summed E-state index contributed by atoms with van der Waals surface area (Å²) in [6.45, 7) is 3.37. The number of hydrogen-bond acceptors (Lipinski definition) is 8. The molecule has 0 bridgehead atoms. The number of hydrogen-bond donors (Lipinski definition) is 0. The number of ether oxygens (including phenoxy) is 3. The molecule has 0 saturated heterocycles. The molecule has 2 aromatic carbocycles. The summed E-state index contributed by atoms with van der Waals surface area (Å²) in [7, 11) is 0. The fourth-order valence-electron chi connectivity index (χ4n) is 4.03. The average molecular weight is 450 g/mol. The molecule has 2 aliphatic rings. The molecule has 0 saturated carbocycles. The smallest absolute Gasteiger partial charge is 0.359 e. The van der Waals surface area contributed by atoms with Gasteiger partial charge in [0, 0.05) is 36.2 Å². The second-order valence-corrected chi connectivity index (χ2v) is 7.41. The van der Waals surface area contributed by atoms with E-state index in [1.54, 1.807) is 25.1 Å². The van der Waals surface area contributed by atoms with Gasteiger partial charge in [0.15, 0.2) is 17.2 Å². The summed E-state index contributed by atoms with van der Waals surface area (Å²) in [6, 6.07) is 9.41. The molecule has 33 heavy (non-hydrogen) atoms. The number of nitro benzene ring substituents is 1. The summed E-state index contributed by atoms with van der Waals surface area (Å²) >= 11 is 0. The number of fused-ring (bicyclic) bond motifs is 4. The second-order valence-electron chi connectivity index (χ2n) is 7.41. The summed E-state index contributed by atoms with van der Waals surface area (Å²) in [5.74, 6) is 0.158. The Labute approximate surface area is 187 Å². The first-order valence-corrected chi connectivity index (χ1v) is 10.1. The molecule has 168 valence electrons. The van der Waals surface area contributed by atoms with Crippen LogP contribution < -0.4 is 14.4 Å². The Hall–Kier alpha value is -4.41. The summed E-state index contributed by atoms with van der Waals surface area (Å²) in [6.07, 6.45) is 0. The molecule has 11 heteroatoms. The maximum absolute atomic E-state index is 12.8. The zero-order chi connectivity index (χ0) is 23.3. The van der Waals surface area contributed by atoms with Crippen LogP contribution in [0.2, 0.25) is 0 Å². The molecule has 0 aliphatic carbocycles. The van der Waals surface area contributed by atoms with Crippen molar-refractivity contribution in [2.24, 2.45) is 0 Å². The normalized spacial score (nSPS) is 13.3. The zero-order valence-electron chi connectivity index (χ0n) is 17.7. The summed E-state index contributed by atoms with van der Waals surface area (Å²) in [5, 5.41) is 16.0. The van der Waals surface area contributed by atoms with Crippen LogP contribution in [0.1, 0.15) is 29.9 Å². The molecule has 0 N–H and O–H groups in total. The number of nitro groups is 1. The van der Waals surface area contributed by atoms with E-state index < -0.39 is 10.9 Å². The van der Waals surface area contributed by atoms with Crippen LogP contribution in [-0.4, -0.2) is 40.0 Å². The standard InChI is InChI=1S/C22H18N4O7/c1-3-31-22(28)20-16-10-24(12(2)27)17-6-4-14(26(29)30)8-15(17)21(16)25(23-20)13-5-7-18-19(9-13)33-11-32-18/h4-9H,3,10-11H2,1-2H3. The van der Waals surface area contributed by atoms with E-state index in [0.29, 0.717) is 39.7 Å². The van der Waals surface area contributed by atoms with Gasteiger partial charge in [-0.25, -0.2) is 9.48 Å². The molecule has 5 rings (SSSR count). The molecule has 0 spiro atoms. The van der Waals surface area contributed by atoms with E-state index in [1.807, 2.05) is 0 Å². The van der Waals surface area contributed by atoms with Crippen molar-refractivity contribution >= 4 is 23.3 Å². The Morgan fingerprint density at radius 1 is 1.18 bits per heavy atom. The van der Waals surface area contributed by atoms with Gasteiger partial charge in [0.1, 0.15) is 0 Å². The molecule has 0 atom stereocenters. The van der Waals surface area contributed by atoms with Gasteiger partial charge >= 0.3 is 5.97 Å². The van der Waals surface area contributed by atoms with Gasteiger partial charge in [-0.3, -0.25) is 14.9 Å². The third-order valence-corrected chi connectivity index (χ3v) is 5.49. The molecular weight excluding hydrogens is 432 g/mol. The molecule has 1 aromatic heterocycles. The van der Waals surface area contributed by atoms with Crippen LogP contribution in [-0.2, 0) is 16.1 Å².